The predicted molar refractivity (Wildman–Crippen MR) is 143 cm³/mol. The van der Waals surface area contributed by atoms with Crippen LogP contribution in [0.3, 0.4) is 0 Å². The lowest BCUT2D eigenvalue weighted by Crippen LogP contribution is -2.27. The number of hydrogen-bond donors (Lipinski definition) is 2. The van der Waals surface area contributed by atoms with E-state index < -0.39 is 0 Å². The van der Waals surface area contributed by atoms with Gasteiger partial charge in [0.1, 0.15) is 5.75 Å². The molecule has 0 amide bonds. The number of nitrogens with one attached hydrogen (secondary N) is 2. The summed E-state index contributed by atoms with van der Waals surface area (Å²) in [6.07, 6.45) is 1.32. The van der Waals surface area contributed by atoms with Crippen molar-refractivity contribution in [2.45, 2.75) is 57.9 Å². The van der Waals surface area contributed by atoms with Crippen molar-refractivity contribution in [3.05, 3.63) is 101 Å². The molecule has 1 aliphatic heterocycles. The van der Waals surface area contributed by atoms with Crippen molar-refractivity contribution in [1.82, 2.24) is 0 Å². The highest BCUT2D eigenvalue weighted by Crippen LogP contribution is 2.44. The zero-order chi connectivity index (χ0) is 24.6. The molecule has 0 saturated heterocycles. The fraction of sp³-hybridized carbons (Fsp3) is 0.323. The molecule has 4 nitrogen and oxygen atoms in total. The van der Waals surface area contributed by atoms with E-state index >= 15 is 0 Å². The van der Waals surface area contributed by atoms with Gasteiger partial charge in [-0.3, -0.25) is 4.79 Å². The van der Waals surface area contributed by atoms with E-state index in [1.165, 1.54) is 11.1 Å². The van der Waals surface area contributed by atoms with Gasteiger partial charge in [0, 0.05) is 17.7 Å². The number of carbonyl (C=O) groups excluding carboxylic acids is 1. The zero-order valence-electron chi connectivity index (χ0n) is 21.0. The van der Waals surface area contributed by atoms with Gasteiger partial charge < -0.3 is 15.4 Å². The van der Waals surface area contributed by atoms with E-state index in [0.29, 0.717) is 13.0 Å². The normalized spacial score (nSPS) is 19.7. The molecule has 1 heterocycles. The Balaban J connectivity index is 1.52. The number of fused-ring (bicyclic) bond motifs is 1. The molecule has 180 valence electrons. The van der Waals surface area contributed by atoms with E-state index in [1.54, 1.807) is 0 Å². The summed E-state index contributed by atoms with van der Waals surface area (Å²) in [6, 6.07) is 24.9. The van der Waals surface area contributed by atoms with Gasteiger partial charge in [0.25, 0.3) is 0 Å². The molecule has 0 saturated carbocycles. The quantitative estimate of drug-likeness (QED) is 0.422. The number of carbonyl (C=O) groups is 1. The molecule has 1 aliphatic carbocycles. The number of para-hydroxylation sites is 2. The first-order valence-corrected chi connectivity index (χ1v) is 12.6. The summed E-state index contributed by atoms with van der Waals surface area (Å²) in [5, 5.41) is 7.28. The van der Waals surface area contributed by atoms with Crippen LogP contribution in [0.25, 0.3) is 0 Å². The number of Topliss-reactive ketones (excluding diaryl/α,β-unsaturated/α-hetero) is 1. The molecule has 3 aromatic carbocycles. The maximum Gasteiger partial charge on any atom is 0.163 e. The summed E-state index contributed by atoms with van der Waals surface area (Å²) in [5.41, 5.74) is 7.56. The Bertz CT molecular complexity index is 1250. The zero-order valence-corrected chi connectivity index (χ0v) is 21.0. The SMILES string of the molecule is CCOc1ccc(C2Nc3ccccc3NC3=C2C(=O)CC(c2ccc(C(C)(C)C)cc2)C3)cc1. The van der Waals surface area contributed by atoms with Gasteiger partial charge >= 0.3 is 0 Å². The Morgan fingerprint density at radius 2 is 1.51 bits per heavy atom. The van der Waals surface area contributed by atoms with E-state index in [0.717, 1.165) is 40.4 Å². The molecular weight excluding hydrogens is 432 g/mol. The first kappa shape index (κ1) is 23.2. The lowest BCUT2D eigenvalue weighted by molar-refractivity contribution is -0.116. The molecule has 0 radical (unpaired) electrons. The lowest BCUT2D eigenvalue weighted by atomic mass is 9.77. The highest BCUT2D eigenvalue weighted by Gasteiger charge is 2.36. The fourth-order valence-electron chi connectivity index (χ4n) is 5.16. The Morgan fingerprint density at radius 1 is 0.857 bits per heavy atom. The summed E-state index contributed by atoms with van der Waals surface area (Å²) < 4.78 is 5.64. The summed E-state index contributed by atoms with van der Waals surface area (Å²) in [6.45, 7) is 9.29. The average molecular weight is 467 g/mol. The molecular formula is C31H34N2O2. The number of allylic oxidation sites excluding steroid dienone is 1. The van der Waals surface area contributed by atoms with Crippen LogP contribution in [0.4, 0.5) is 11.4 Å². The average Bonchev–Trinajstić information content (AvgIpc) is 3.01. The number of ether oxygens (including phenoxy) is 1. The van der Waals surface area contributed by atoms with Crippen molar-refractivity contribution in [3.63, 3.8) is 0 Å². The number of hydrogen-bond acceptors (Lipinski definition) is 4. The molecule has 2 atom stereocenters. The highest BCUT2D eigenvalue weighted by atomic mass is 16.5. The van der Waals surface area contributed by atoms with Crippen LogP contribution in [0.1, 0.15) is 69.2 Å². The van der Waals surface area contributed by atoms with Crippen molar-refractivity contribution < 1.29 is 9.53 Å². The van der Waals surface area contributed by atoms with Gasteiger partial charge in [0.15, 0.2) is 5.78 Å². The van der Waals surface area contributed by atoms with E-state index in [4.69, 9.17) is 4.74 Å². The van der Waals surface area contributed by atoms with Crippen molar-refractivity contribution in [3.8, 4) is 5.75 Å². The minimum Gasteiger partial charge on any atom is -0.494 e. The fourth-order valence-corrected chi connectivity index (χ4v) is 5.16. The molecule has 4 heteroatoms. The summed E-state index contributed by atoms with van der Waals surface area (Å²) in [7, 11) is 0. The van der Waals surface area contributed by atoms with Gasteiger partial charge in [-0.05, 0) is 65.6 Å². The monoisotopic (exact) mass is 466 g/mol. The largest absolute Gasteiger partial charge is 0.494 e. The van der Waals surface area contributed by atoms with Crippen LogP contribution in [-0.2, 0) is 10.2 Å². The second kappa shape index (κ2) is 9.26. The molecule has 0 fully saturated rings. The van der Waals surface area contributed by atoms with Crippen molar-refractivity contribution in [2.24, 2.45) is 0 Å². The van der Waals surface area contributed by atoms with Gasteiger partial charge in [-0.1, -0.05) is 69.3 Å². The molecule has 2 aliphatic rings. The Morgan fingerprint density at radius 3 is 2.17 bits per heavy atom. The topological polar surface area (TPSA) is 50.4 Å². The minimum absolute atomic E-state index is 0.111. The van der Waals surface area contributed by atoms with E-state index in [2.05, 4.69) is 79.9 Å². The Labute approximate surface area is 208 Å². The number of benzene rings is 3. The number of anilines is 2. The van der Waals surface area contributed by atoms with Crippen molar-refractivity contribution in [1.29, 1.82) is 0 Å². The smallest absolute Gasteiger partial charge is 0.163 e. The van der Waals surface area contributed by atoms with Crippen LogP contribution >= 0.6 is 0 Å². The van der Waals surface area contributed by atoms with Crippen molar-refractivity contribution >= 4 is 17.2 Å². The van der Waals surface area contributed by atoms with Gasteiger partial charge in [-0.25, -0.2) is 0 Å². The molecule has 35 heavy (non-hydrogen) atoms. The molecule has 5 rings (SSSR count). The molecule has 2 unspecified atom stereocenters. The lowest BCUT2D eigenvalue weighted by Gasteiger charge is -2.30. The predicted octanol–water partition coefficient (Wildman–Crippen LogP) is 7.36. The standard InChI is InChI=1S/C31H34N2O2/c1-5-35-24-16-12-21(13-17-24)30-29-27(32-25-8-6-7-9-26(25)33-30)18-22(19-28(29)34)20-10-14-23(15-11-20)31(2,3)4/h6-17,22,30,32-33H,5,18-19H2,1-4H3. The van der Waals surface area contributed by atoms with Gasteiger partial charge in [0.05, 0.1) is 24.0 Å². The Hall–Kier alpha value is -3.53. The number of ketones is 1. The Kier molecular flexibility index (Phi) is 6.14. The van der Waals surface area contributed by atoms with E-state index in [9.17, 15) is 4.79 Å². The second-order valence-electron chi connectivity index (χ2n) is 10.5. The third kappa shape index (κ3) is 4.70. The molecule has 0 aromatic heterocycles. The van der Waals surface area contributed by atoms with Crippen LogP contribution in [0.5, 0.6) is 5.75 Å². The van der Waals surface area contributed by atoms with Crippen molar-refractivity contribution in [2.75, 3.05) is 17.2 Å². The maximum absolute atomic E-state index is 13.7. The van der Waals surface area contributed by atoms with Gasteiger partial charge in [-0.2, -0.15) is 0 Å². The minimum atomic E-state index is -0.214. The van der Waals surface area contributed by atoms with Gasteiger partial charge in [-0.15, -0.1) is 0 Å². The summed E-state index contributed by atoms with van der Waals surface area (Å²) in [5.74, 6) is 1.20. The summed E-state index contributed by atoms with van der Waals surface area (Å²) >= 11 is 0. The van der Waals surface area contributed by atoms with E-state index in [1.807, 2.05) is 31.2 Å². The first-order valence-electron chi connectivity index (χ1n) is 12.6. The molecule has 2 N–H and O–H groups in total. The molecule has 0 bridgehead atoms. The van der Waals surface area contributed by atoms with E-state index in [-0.39, 0.29) is 23.2 Å². The second-order valence-corrected chi connectivity index (χ2v) is 10.5. The maximum atomic E-state index is 13.7. The molecule has 0 spiro atoms. The summed E-state index contributed by atoms with van der Waals surface area (Å²) in [4.78, 5) is 13.7. The van der Waals surface area contributed by atoms with Crippen LogP contribution < -0.4 is 15.4 Å². The number of rotatable bonds is 4. The first-order chi connectivity index (χ1) is 16.8. The van der Waals surface area contributed by atoms with Crippen LogP contribution in [0.2, 0.25) is 0 Å². The highest BCUT2D eigenvalue weighted by molar-refractivity contribution is 6.01. The third-order valence-corrected chi connectivity index (χ3v) is 7.08. The molecule has 3 aromatic rings. The van der Waals surface area contributed by atoms with Crippen LogP contribution in [0.15, 0.2) is 84.1 Å². The van der Waals surface area contributed by atoms with Crippen LogP contribution in [-0.4, -0.2) is 12.4 Å². The van der Waals surface area contributed by atoms with Crippen LogP contribution in [0, 0.1) is 0 Å². The van der Waals surface area contributed by atoms with Gasteiger partial charge in [0.2, 0.25) is 0 Å². The third-order valence-electron chi connectivity index (χ3n) is 7.08.